The number of aromatic nitrogens is 1. The largest absolute Gasteiger partial charge is 0.416 e. The second-order valence-corrected chi connectivity index (χ2v) is 9.28. The van der Waals surface area contributed by atoms with Crippen LogP contribution in [0.1, 0.15) is 47.2 Å². The minimum absolute atomic E-state index is 0.0195. The smallest absolute Gasteiger partial charge is 0.349 e. The number of benzene rings is 2. The summed E-state index contributed by atoms with van der Waals surface area (Å²) in [6.45, 7) is 1.80. The fourth-order valence-electron chi connectivity index (χ4n) is 4.47. The van der Waals surface area contributed by atoms with Crippen molar-refractivity contribution in [2.45, 2.75) is 44.3 Å². The summed E-state index contributed by atoms with van der Waals surface area (Å²) in [6.07, 6.45) is 1.72. The minimum atomic E-state index is -4.52. The van der Waals surface area contributed by atoms with Crippen molar-refractivity contribution in [2.24, 2.45) is 5.92 Å². The first kappa shape index (κ1) is 24.5. The molecule has 0 atom stereocenters. The van der Waals surface area contributed by atoms with Gasteiger partial charge >= 0.3 is 6.18 Å². The van der Waals surface area contributed by atoms with Crippen LogP contribution in [0.15, 0.2) is 54.7 Å². The molecular weight excluding hydrogens is 463 g/mol. The Labute approximate surface area is 201 Å². The number of carbonyl (C=O) groups is 1. The molecular formula is C26H27ClF3N3O. The minimum Gasteiger partial charge on any atom is -0.349 e. The molecule has 0 bridgehead atoms. The highest BCUT2D eigenvalue weighted by atomic mass is 35.5. The van der Waals surface area contributed by atoms with Crippen LogP contribution < -0.4 is 10.6 Å². The molecule has 1 heterocycles. The predicted molar refractivity (Wildman–Crippen MR) is 128 cm³/mol. The van der Waals surface area contributed by atoms with Gasteiger partial charge in [-0.1, -0.05) is 23.7 Å². The van der Waals surface area contributed by atoms with E-state index in [1.807, 2.05) is 12.1 Å². The van der Waals surface area contributed by atoms with Crippen molar-refractivity contribution >= 4 is 28.4 Å². The van der Waals surface area contributed by atoms with Gasteiger partial charge in [-0.15, -0.1) is 0 Å². The van der Waals surface area contributed by atoms with E-state index in [1.54, 1.807) is 6.20 Å². The molecule has 0 spiro atoms. The molecule has 180 valence electrons. The molecule has 2 aromatic carbocycles. The number of nitrogens with one attached hydrogen (secondary N) is 2. The molecule has 1 aromatic heterocycles. The van der Waals surface area contributed by atoms with E-state index in [2.05, 4.69) is 33.8 Å². The van der Waals surface area contributed by atoms with Crippen LogP contribution >= 0.6 is 11.6 Å². The predicted octanol–water partition coefficient (Wildman–Crippen LogP) is 6.03. The summed E-state index contributed by atoms with van der Waals surface area (Å²) in [5.41, 5.74) is 1.26. The van der Waals surface area contributed by atoms with Crippen LogP contribution in [-0.2, 0) is 12.6 Å². The van der Waals surface area contributed by atoms with E-state index < -0.39 is 17.6 Å². The SMILES string of the molecule is O=C(N[C@H]1CC[C@H](CNCCc2ccc3ncccc3c2)CC1)c1cc(C(F)(F)F)ccc1Cl. The molecule has 8 heteroatoms. The fraction of sp³-hybridized carbons (Fsp3) is 0.385. The van der Waals surface area contributed by atoms with Gasteiger partial charge in [-0.05, 0) is 93.1 Å². The lowest BCUT2D eigenvalue weighted by Gasteiger charge is -2.29. The zero-order chi connectivity index (χ0) is 24.1. The summed E-state index contributed by atoms with van der Waals surface area (Å²) in [5.74, 6) is -0.0330. The lowest BCUT2D eigenvalue weighted by Crippen LogP contribution is -2.39. The van der Waals surface area contributed by atoms with E-state index >= 15 is 0 Å². The summed E-state index contributed by atoms with van der Waals surface area (Å²) in [4.78, 5) is 16.9. The van der Waals surface area contributed by atoms with Crippen LogP contribution in [0.4, 0.5) is 13.2 Å². The number of amides is 1. The van der Waals surface area contributed by atoms with Crippen molar-refractivity contribution in [3.63, 3.8) is 0 Å². The van der Waals surface area contributed by atoms with Gasteiger partial charge in [0.05, 0.1) is 21.7 Å². The van der Waals surface area contributed by atoms with Gasteiger partial charge in [0.15, 0.2) is 0 Å². The van der Waals surface area contributed by atoms with Gasteiger partial charge in [-0.3, -0.25) is 9.78 Å². The lowest BCUT2D eigenvalue weighted by molar-refractivity contribution is -0.137. The standard InChI is InChI=1S/C26H27ClF3N3O/c27-23-9-6-20(26(28,29)30)15-22(23)25(34)33-21-7-3-18(4-8-21)16-31-13-11-17-5-10-24-19(14-17)2-1-12-32-24/h1-2,5-6,9-10,12,14-15,18,21,31H,3-4,7-8,11,13,16H2,(H,33,34)/t18-,21-. The molecule has 1 fully saturated rings. The van der Waals surface area contributed by atoms with Crippen LogP contribution in [0.5, 0.6) is 0 Å². The first-order valence-corrected chi connectivity index (χ1v) is 11.9. The molecule has 0 unspecified atom stereocenters. The number of hydrogen-bond donors (Lipinski definition) is 2. The van der Waals surface area contributed by atoms with Gasteiger partial charge in [0.25, 0.3) is 5.91 Å². The van der Waals surface area contributed by atoms with Gasteiger partial charge in [0.2, 0.25) is 0 Å². The van der Waals surface area contributed by atoms with Crippen molar-refractivity contribution in [3.8, 4) is 0 Å². The summed E-state index contributed by atoms with van der Waals surface area (Å²) in [6, 6.07) is 13.1. The van der Waals surface area contributed by atoms with Gasteiger partial charge < -0.3 is 10.6 Å². The average molecular weight is 490 g/mol. The Morgan fingerprint density at radius 1 is 1.06 bits per heavy atom. The Balaban J connectivity index is 1.19. The lowest BCUT2D eigenvalue weighted by atomic mass is 9.86. The van der Waals surface area contributed by atoms with Crippen molar-refractivity contribution < 1.29 is 18.0 Å². The summed E-state index contributed by atoms with van der Waals surface area (Å²) in [7, 11) is 0. The molecule has 0 aliphatic heterocycles. The van der Waals surface area contributed by atoms with Gasteiger partial charge in [0.1, 0.15) is 0 Å². The van der Waals surface area contributed by atoms with Gasteiger partial charge in [-0.2, -0.15) is 13.2 Å². The summed E-state index contributed by atoms with van der Waals surface area (Å²) in [5, 5.41) is 7.56. The first-order chi connectivity index (χ1) is 16.3. The summed E-state index contributed by atoms with van der Waals surface area (Å²) < 4.78 is 38.9. The van der Waals surface area contributed by atoms with Crippen molar-refractivity contribution in [1.29, 1.82) is 0 Å². The average Bonchev–Trinajstić information content (AvgIpc) is 2.82. The number of hydrogen-bond acceptors (Lipinski definition) is 3. The van der Waals surface area contributed by atoms with E-state index in [0.717, 1.165) is 74.3 Å². The highest BCUT2D eigenvalue weighted by Gasteiger charge is 2.32. The third-order valence-electron chi connectivity index (χ3n) is 6.41. The number of carbonyl (C=O) groups excluding carboxylic acids is 1. The molecule has 0 saturated heterocycles. The maximum Gasteiger partial charge on any atom is 0.416 e. The second kappa shape index (κ2) is 10.7. The molecule has 1 aliphatic rings. The Hall–Kier alpha value is -2.64. The molecule has 4 rings (SSSR count). The fourth-order valence-corrected chi connectivity index (χ4v) is 4.67. The highest BCUT2D eigenvalue weighted by molar-refractivity contribution is 6.33. The summed E-state index contributed by atoms with van der Waals surface area (Å²) >= 11 is 5.99. The number of nitrogens with zero attached hydrogens (tertiary/aromatic N) is 1. The number of fused-ring (bicyclic) bond motifs is 1. The number of halogens is 4. The van der Waals surface area contributed by atoms with Crippen LogP contribution in [0.2, 0.25) is 5.02 Å². The van der Waals surface area contributed by atoms with E-state index in [4.69, 9.17) is 11.6 Å². The Bertz CT molecular complexity index is 1140. The van der Waals surface area contributed by atoms with Crippen LogP contribution in [0, 0.1) is 5.92 Å². The van der Waals surface area contributed by atoms with E-state index in [9.17, 15) is 18.0 Å². The molecule has 4 nitrogen and oxygen atoms in total. The number of alkyl halides is 3. The molecule has 34 heavy (non-hydrogen) atoms. The van der Waals surface area contributed by atoms with Crippen LogP contribution in [-0.4, -0.2) is 30.0 Å². The van der Waals surface area contributed by atoms with Crippen molar-refractivity contribution in [3.05, 3.63) is 76.4 Å². The Morgan fingerprint density at radius 3 is 2.62 bits per heavy atom. The van der Waals surface area contributed by atoms with Crippen molar-refractivity contribution in [1.82, 2.24) is 15.6 Å². The van der Waals surface area contributed by atoms with Crippen LogP contribution in [0.3, 0.4) is 0 Å². The van der Waals surface area contributed by atoms with Crippen molar-refractivity contribution in [2.75, 3.05) is 13.1 Å². The van der Waals surface area contributed by atoms with Gasteiger partial charge in [-0.25, -0.2) is 0 Å². The normalized spacial score (nSPS) is 18.7. The number of pyridine rings is 1. The zero-order valence-corrected chi connectivity index (χ0v) is 19.4. The maximum atomic E-state index is 13.0. The zero-order valence-electron chi connectivity index (χ0n) is 18.7. The molecule has 0 radical (unpaired) electrons. The topological polar surface area (TPSA) is 54.0 Å². The third-order valence-corrected chi connectivity index (χ3v) is 6.74. The van der Waals surface area contributed by atoms with E-state index in [-0.39, 0.29) is 16.6 Å². The molecule has 1 saturated carbocycles. The Morgan fingerprint density at radius 2 is 1.85 bits per heavy atom. The molecule has 1 aliphatic carbocycles. The van der Waals surface area contributed by atoms with E-state index in [1.165, 1.54) is 5.56 Å². The quantitative estimate of drug-likeness (QED) is 0.398. The number of rotatable bonds is 7. The van der Waals surface area contributed by atoms with Crippen LogP contribution in [0.25, 0.3) is 10.9 Å². The third kappa shape index (κ3) is 6.27. The van der Waals surface area contributed by atoms with E-state index in [0.29, 0.717) is 5.92 Å². The first-order valence-electron chi connectivity index (χ1n) is 11.5. The highest BCUT2D eigenvalue weighted by Crippen LogP contribution is 2.32. The molecule has 3 aromatic rings. The van der Waals surface area contributed by atoms with Gasteiger partial charge in [0, 0.05) is 17.6 Å². The Kier molecular flexibility index (Phi) is 7.73. The molecule has 2 N–H and O–H groups in total. The monoisotopic (exact) mass is 489 g/mol. The second-order valence-electron chi connectivity index (χ2n) is 8.87. The molecule has 1 amide bonds. The maximum absolute atomic E-state index is 13.0.